The number of nitro benzene ring substituents is 1. The van der Waals surface area contributed by atoms with Crippen molar-refractivity contribution in [3.63, 3.8) is 0 Å². The van der Waals surface area contributed by atoms with Crippen LogP contribution in [0.25, 0.3) is 0 Å². The number of nitro groups is 1. The third-order valence-corrected chi connectivity index (χ3v) is 3.74. The maximum Gasteiger partial charge on any atom is 0.269 e. The Kier molecular flexibility index (Phi) is 2.87. The van der Waals surface area contributed by atoms with Crippen molar-refractivity contribution >= 4 is 18.1 Å². The Balaban J connectivity index is 0.00000108. The molecule has 1 aromatic carbocycles. The Bertz CT molecular complexity index is 472. The number of hydrogen-bond acceptors (Lipinski definition) is 3. The third-order valence-electron chi connectivity index (χ3n) is 3.74. The molecule has 0 amide bonds. The SMILES string of the molecule is CN1Cc2cc([N+](=O)[O-])ccc2C2(CC2)C1.Cl. The van der Waals surface area contributed by atoms with Gasteiger partial charge in [-0.25, -0.2) is 0 Å². The zero-order valence-corrected chi connectivity index (χ0v) is 10.5. The van der Waals surface area contributed by atoms with Crippen molar-refractivity contribution in [3.05, 3.63) is 39.4 Å². The van der Waals surface area contributed by atoms with Crippen LogP contribution in [0.5, 0.6) is 0 Å². The van der Waals surface area contributed by atoms with Crippen LogP contribution in [0.1, 0.15) is 24.0 Å². The predicted octanol–water partition coefficient (Wildman–Crippen LogP) is 2.49. The van der Waals surface area contributed by atoms with E-state index in [2.05, 4.69) is 11.9 Å². The summed E-state index contributed by atoms with van der Waals surface area (Å²) in [6, 6.07) is 5.35. The van der Waals surface area contributed by atoms with Crippen LogP contribution in [0.2, 0.25) is 0 Å². The van der Waals surface area contributed by atoms with Crippen molar-refractivity contribution in [2.24, 2.45) is 0 Å². The van der Waals surface area contributed by atoms with E-state index in [-0.39, 0.29) is 23.0 Å². The Hall–Kier alpha value is -1.13. The molecule has 17 heavy (non-hydrogen) atoms. The molecule has 5 heteroatoms. The molecule has 0 unspecified atom stereocenters. The summed E-state index contributed by atoms with van der Waals surface area (Å²) < 4.78 is 0. The lowest BCUT2D eigenvalue weighted by molar-refractivity contribution is -0.385. The van der Waals surface area contributed by atoms with E-state index in [0.717, 1.165) is 18.7 Å². The number of benzene rings is 1. The Morgan fingerprint density at radius 1 is 1.41 bits per heavy atom. The minimum Gasteiger partial charge on any atom is -0.301 e. The molecule has 4 nitrogen and oxygen atoms in total. The van der Waals surface area contributed by atoms with E-state index in [1.54, 1.807) is 12.1 Å². The number of nitrogens with zero attached hydrogens (tertiary/aromatic N) is 2. The van der Waals surface area contributed by atoms with Crippen LogP contribution in [0.3, 0.4) is 0 Å². The van der Waals surface area contributed by atoms with E-state index >= 15 is 0 Å². The van der Waals surface area contributed by atoms with E-state index in [4.69, 9.17) is 0 Å². The second-order valence-corrected chi connectivity index (χ2v) is 5.05. The molecule has 0 aromatic heterocycles. The Morgan fingerprint density at radius 2 is 2.12 bits per heavy atom. The molecule has 0 radical (unpaired) electrons. The van der Waals surface area contributed by atoms with Gasteiger partial charge in [0.05, 0.1) is 4.92 Å². The highest BCUT2D eigenvalue weighted by Crippen LogP contribution is 2.52. The fourth-order valence-electron chi connectivity index (χ4n) is 2.87. The van der Waals surface area contributed by atoms with Crippen LogP contribution in [-0.4, -0.2) is 23.4 Å². The maximum atomic E-state index is 10.7. The molecule has 2 aliphatic rings. The molecule has 1 saturated carbocycles. The molecule has 1 aliphatic carbocycles. The highest BCUT2D eigenvalue weighted by molar-refractivity contribution is 5.85. The molecule has 0 atom stereocenters. The molecule has 1 aromatic rings. The quantitative estimate of drug-likeness (QED) is 0.571. The van der Waals surface area contributed by atoms with Crippen molar-refractivity contribution in [2.45, 2.75) is 24.8 Å². The van der Waals surface area contributed by atoms with Gasteiger partial charge in [-0.2, -0.15) is 0 Å². The van der Waals surface area contributed by atoms with Gasteiger partial charge in [0.25, 0.3) is 5.69 Å². The molecular weight excluding hydrogens is 240 g/mol. The van der Waals surface area contributed by atoms with Crippen molar-refractivity contribution in [2.75, 3.05) is 13.6 Å². The second kappa shape index (κ2) is 3.96. The second-order valence-electron chi connectivity index (χ2n) is 5.05. The van der Waals surface area contributed by atoms with Gasteiger partial charge < -0.3 is 4.90 Å². The molecule has 1 heterocycles. The summed E-state index contributed by atoms with van der Waals surface area (Å²) >= 11 is 0. The van der Waals surface area contributed by atoms with E-state index < -0.39 is 0 Å². The predicted molar refractivity (Wildman–Crippen MR) is 67.6 cm³/mol. The standard InChI is InChI=1S/C12H14N2O2.ClH/c1-13-7-9-6-10(14(15)16)2-3-11(9)12(8-13)4-5-12;/h2-3,6H,4-5,7-8H2,1H3;1H. The summed E-state index contributed by atoms with van der Waals surface area (Å²) in [6.45, 7) is 1.93. The van der Waals surface area contributed by atoms with Gasteiger partial charge in [0.15, 0.2) is 0 Å². The van der Waals surface area contributed by atoms with E-state index in [1.807, 2.05) is 6.07 Å². The fourth-order valence-corrected chi connectivity index (χ4v) is 2.87. The third kappa shape index (κ3) is 1.91. The van der Waals surface area contributed by atoms with Crippen LogP contribution in [0.4, 0.5) is 5.69 Å². The average molecular weight is 255 g/mol. The van der Waals surface area contributed by atoms with Crippen LogP contribution < -0.4 is 0 Å². The van der Waals surface area contributed by atoms with E-state index in [0.29, 0.717) is 5.41 Å². The first-order valence-electron chi connectivity index (χ1n) is 5.57. The van der Waals surface area contributed by atoms with Crippen LogP contribution >= 0.6 is 12.4 Å². The first-order chi connectivity index (χ1) is 7.61. The Morgan fingerprint density at radius 3 is 2.71 bits per heavy atom. The van der Waals surface area contributed by atoms with E-state index in [1.165, 1.54) is 18.4 Å². The minimum absolute atomic E-state index is 0. The largest absolute Gasteiger partial charge is 0.301 e. The van der Waals surface area contributed by atoms with Gasteiger partial charge in [0.2, 0.25) is 0 Å². The molecule has 0 saturated heterocycles. The average Bonchev–Trinajstić information content (AvgIpc) is 2.97. The van der Waals surface area contributed by atoms with Gasteiger partial charge >= 0.3 is 0 Å². The van der Waals surface area contributed by atoms with Gasteiger partial charge in [0.1, 0.15) is 0 Å². The van der Waals surface area contributed by atoms with E-state index in [9.17, 15) is 10.1 Å². The summed E-state index contributed by atoms with van der Waals surface area (Å²) in [5, 5.41) is 10.7. The van der Waals surface area contributed by atoms with Gasteiger partial charge in [-0.3, -0.25) is 10.1 Å². The minimum atomic E-state index is -0.311. The van der Waals surface area contributed by atoms with Crippen LogP contribution in [0, 0.1) is 10.1 Å². The van der Waals surface area contributed by atoms with Crippen molar-refractivity contribution < 1.29 is 4.92 Å². The summed E-state index contributed by atoms with van der Waals surface area (Å²) in [4.78, 5) is 12.7. The maximum absolute atomic E-state index is 10.7. The van der Waals surface area contributed by atoms with Gasteiger partial charge in [-0.05, 0) is 31.0 Å². The monoisotopic (exact) mass is 254 g/mol. The van der Waals surface area contributed by atoms with Gasteiger partial charge in [-0.1, -0.05) is 6.07 Å². The van der Waals surface area contributed by atoms with Gasteiger partial charge in [0, 0.05) is 30.6 Å². The molecule has 92 valence electrons. The topological polar surface area (TPSA) is 46.4 Å². The molecule has 0 N–H and O–H groups in total. The lowest BCUT2D eigenvalue weighted by Crippen LogP contribution is -2.35. The number of non-ortho nitro benzene ring substituents is 1. The summed E-state index contributed by atoms with van der Waals surface area (Å²) in [5.74, 6) is 0. The lowest BCUT2D eigenvalue weighted by Gasteiger charge is -2.32. The van der Waals surface area contributed by atoms with Crippen LogP contribution in [-0.2, 0) is 12.0 Å². The Labute approximate surface area is 106 Å². The number of hydrogen-bond donors (Lipinski definition) is 0. The van der Waals surface area contributed by atoms with Crippen molar-refractivity contribution in [3.8, 4) is 0 Å². The van der Waals surface area contributed by atoms with Crippen LogP contribution in [0.15, 0.2) is 18.2 Å². The highest BCUT2D eigenvalue weighted by Gasteiger charge is 2.48. The first-order valence-corrected chi connectivity index (χ1v) is 5.57. The van der Waals surface area contributed by atoms with Gasteiger partial charge in [-0.15, -0.1) is 12.4 Å². The molecule has 1 spiro atoms. The zero-order chi connectivity index (χ0) is 11.3. The number of rotatable bonds is 1. The summed E-state index contributed by atoms with van der Waals surface area (Å²) in [5.41, 5.74) is 3.01. The first kappa shape index (κ1) is 12.3. The molecular formula is C12H15ClN2O2. The molecule has 3 rings (SSSR count). The lowest BCUT2D eigenvalue weighted by atomic mass is 9.87. The van der Waals surface area contributed by atoms with Crippen molar-refractivity contribution in [1.29, 1.82) is 0 Å². The number of likely N-dealkylation sites (N-methyl/N-ethyl adjacent to an activating group) is 1. The van der Waals surface area contributed by atoms with Crippen molar-refractivity contribution in [1.82, 2.24) is 4.90 Å². The molecule has 0 bridgehead atoms. The normalized spacial score (nSPS) is 20.5. The summed E-state index contributed by atoms with van der Waals surface area (Å²) in [7, 11) is 2.09. The highest BCUT2D eigenvalue weighted by atomic mass is 35.5. The number of fused-ring (bicyclic) bond motifs is 2. The number of halogens is 1. The fraction of sp³-hybridized carbons (Fsp3) is 0.500. The zero-order valence-electron chi connectivity index (χ0n) is 9.68. The molecule has 1 aliphatic heterocycles. The summed E-state index contributed by atoms with van der Waals surface area (Å²) in [6.07, 6.45) is 2.45. The molecule has 1 fully saturated rings. The smallest absolute Gasteiger partial charge is 0.269 e.